The van der Waals surface area contributed by atoms with E-state index in [0.29, 0.717) is 31.4 Å². The summed E-state index contributed by atoms with van der Waals surface area (Å²) >= 11 is 0. The van der Waals surface area contributed by atoms with Crippen LogP contribution in [0.3, 0.4) is 0 Å². The lowest BCUT2D eigenvalue weighted by Gasteiger charge is -2.15. The highest BCUT2D eigenvalue weighted by Gasteiger charge is 2.21. The summed E-state index contributed by atoms with van der Waals surface area (Å²) in [6, 6.07) is 0. The van der Waals surface area contributed by atoms with Crippen molar-refractivity contribution >= 4 is 18.3 Å². The number of rotatable bonds is 9. The van der Waals surface area contributed by atoms with E-state index >= 15 is 0 Å². The smallest absolute Gasteiger partial charge is 0.246 e. The number of halogens is 1. The average molecular weight is 333 g/mol. The van der Waals surface area contributed by atoms with E-state index in [1.807, 2.05) is 13.8 Å². The van der Waals surface area contributed by atoms with Crippen LogP contribution in [0.4, 0.5) is 0 Å². The summed E-state index contributed by atoms with van der Waals surface area (Å²) in [7, 11) is 1.73. The predicted octanol–water partition coefficient (Wildman–Crippen LogP) is 1.55. The standard InChI is InChI=1S/C14H24N4O3.ClH/c1-4-20-10(2)14-16-12(21-17-14)9-18(3)13(19)8-15-7-11-5-6-11;/h10-11,15H,4-9H2,1-3H3;1H. The molecule has 1 heterocycles. The monoisotopic (exact) mass is 332 g/mol. The van der Waals surface area contributed by atoms with Crippen LogP contribution in [-0.2, 0) is 16.1 Å². The van der Waals surface area contributed by atoms with Gasteiger partial charge in [0.05, 0.1) is 13.1 Å². The number of carbonyl (C=O) groups excluding carboxylic acids is 1. The fourth-order valence-electron chi connectivity index (χ4n) is 1.95. The van der Waals surface area contributed by atoms with Crippen LogP contribution in [0.5, 0.6) is 0 Å². The van der Waals surface area contributed by atoms with Crippen LogP contribution in [-0.4, -0.2) is 47.7 Å². The Labute approximate surface area is 137 Å². The minimum Gasteiger partial charge on any atom is -0.371 e. The summed E-state index contributed by atoms with van der Waals surface area (Å²) in [6.45, 7) is 5.97. The molecule has 0 aromatic carbocycles. The van der Waals surface area contributed by atoms with Crippen molar-refractivity contribution in [1.29, 1.82) is 0 Å². The molecular weight excluding hydrogens is 308 g/mol. The maximum Gasteiger partial charge on any atom is 0.246 e. The van der Waals surface area contributed by atoms with Crippen molar-refractivity contribution < 1.29 is 14.1 Å². The molecule has 1 unspecified atom stereocenters. The lowest BCUT2D eigenvalue weighted by Crippen LogP contribution is -2.36. The molecule has 1 aromatic rings. The molecule has 1 saturated carbocycles. The van der Waals surface area contributed by atoms with Gasteiger partial charge in [-0.15, -0.1) is 12.4 Å². The van der Waals surface area contributed by atoms with Gasteiger partial charge in [0, 0.05) is 13.7 Å². The van der Waals surface area contributed by atoms with E-state index in [4.69, 9.17) is 9.26 Å². The minimum atomic E-state index is -0.200. The summed E-state index contributed by atoms with van der Waals surface area (Å²) < 4.78 is 10.5. The van der Waals surface area contributed by atoms with E-state index in [1.165, 1.54) is 12.8 Å². The first-order valence-electron chi connectivity index (χ1n) is 7.49. The highest BCUT2D eigenvalue weighted by atomic mass is 35.5. The zero-order valence-electron chi connectivity index (χ0n) is 13.4. The Bertz CT molecular complexity index is 465. The number of hydrogen-bond acceptors (Lipinski definition) is 6. The molecule has 0 spiro atoms. The number of nitrogens with one attached hydrogen (secondary N) is 1. The number of ether oxygens (including phenoxy) is 1. The SMILES string of the molecule is CCOC(C)c1noc(CN(C)C(=O)CNCC2CC2)n1.Cl. The fourth-order valence-corrected chi connectivity index (χ4v) is 1.95. The number of nitrogens with zero attached hydrogens (tertiary/aromatic N) is 3. The Morgan fingerprint density at radius 3 is 2.91 bits per heavy atom. The molecule has 1 aliphatic carbocycles. The molecule has 1 fully saturated rings. The van der Waals surface area contributed by atoms with Gasteiger partial charge in [0.2, 0.25) is 11.8 Å². The number of aromatic nitrogens is 2. The Morgan fingerprint density at radius 1 is 1.55 bits per heavy atom. The summed E-state index contributed by atoms with van der Waals surface area (Å²) in [5.41, 5.74) is 0. The highest BCUT2D eigenvalue weighted by molar-refractivity contribution is 5.85. The second-order valence-electron chi connectivity index (χ2n) is 5.47. The van der Waals surface area contributed by atoms with E-state index in [0.717, 1.165) is 12.5 Å². The van der Waals surface area contributed by atoms with E-state index < -0.39 is 0 Å². The molecule has 1 amide bonds. The van der Waals surface area contributed by atoms with Crippen molar-refractivity contribution in [1.82, 2.24) is 20.4 Å². The van der Waals surface area contributed by atoms with Crippen molar-refractivity contribution in [3.8, 4) is 0 Å². The summed E-state index contributed by atoms with van der Waals surface area (Å²) in [4.78, 5) is 17.8. The third kappa shape index (κ3) is 5.90. The van der Waals surface area contributed by atoms with Crippen molar-refractivity contribution in [2.45, 2.75) is 39.3 Å². The molecule has 1 atom stereocenters. The van der Waals surface area contributed by atoms with Gasteiger partial charge < -0.3 is 19.5 Å². The van der Waals surface area contributed by atoms with E-state index in [9.17, 15) is 4.79 Å². The molecule has 0 bridgehead atoms. The number of likely N-dealkylation sites (N-methyl/N-ethyl adjacent to an activating group) is 1. The predicted molar refractivity (Wildman–Crippen MR) is 83.7 cm³/mol. The maximum atomic E-state index is 11.9. The van der Waals surface area contributed by atoms with Crippen molar-refractivity contribution in [2.75, 3.05) is 26.7 Å². The highest BCUT2D eigenvalue weighted by Crippen LogP contribution is 2.27. The first-order valence-corrected chi connectivity index (χ1v) is 7.49. The molecule has 1 aromatic heterocycles. The lowest BCUT2D eigenvalue weighted by atomic mass is 10.4. The Morgan fingerprint density at radius 2 is 2.27 bits per heavy atom. The first kappa shape index (κ1) is 18.9. The number of amides is 1. The fraction of sp³-hybridized carbons (Fsp3) is 0.786. The van der Waals surface area contributed by atoms with Gasteiger partial charge in [0.15, 0.2) is 5.82 Å². The molecule has 7 nitrogen and oxygen atoms in total. The molecule has 2 rings (SSSR count). The van der Waals surface area contributed by atoms with Crippen LogP contribution in [0.1, 0.15) is 44.5 Å². The van der Waals surface area contributed by atoms with Crippen LogP contribution in [0, 0.1) is 5.92 Å². The Kier molecular flexibility index (Phi) is 7.78. The second-order valence-corrected chi connectivity index (χ2v) is 5.47. The zero-order valence-corrected chi connectivity index (χ0v) is 14.2. The molecule has 1 aliphatic rings. The van der Waals surface area contributed by atoms with Crippen LogP contribution in [0.15, 0.2) is 4.52 Å². The minimum absolute atomic E-state index is 0. The summed E-state index contributed by atoms with van der Waals surface area (Å²) in [5, 5.41) is 7.05. The average Bonchev–Trinajstić information content (AvgIpc) is 3.16. The van der Waals surface area contributed by atoms with E-state index in [-0.39, 0.29) is 24.4 Å². The molecule has 126 valence electrons. The largest absolute Gasteiger partial charge is 0.371 e. The second kappa shape index (κ2) is 9.07. The van der Waals surface area contributed by atoms with E-state index in [1.54, 1.807) is 11.9 Å². The van der Waals surface area contributed by atoms with Crippen LogP contribution >= 0.6 is 12.4 Å². The quantitative estimate of drug-likeness (QED) is 0.739. The zero-order chi connectivity index (χ0) is 15.2. The Hall–Kier alpha value is -1.18. The molecule has 8 heteroatoms. The number of hydrogen-bond donors (Lipinski definition) is 1. The normalized spacial score (nSPS) is 15.2. The maximum absolute atomic E-state index is 11.9. The van der Waals surface area contributed by atoms with Gasteiger partial charge in [0.1, 0.15) is 6.10 Å². The molecule has 0 aliphatic heterocycles. The lowest BCUT2D eigenvalue weighted by molar-refractivity contribution is -0.129. The molecular formula is C14H25ClN4O3. The van der Waals surface area contributed by atoms with Gasteiger partial charge in [-0.2, -0.15) is 4.98 Å². The summed E-state index contributed by atoms with van der Waals surface area (Å²) in [6.07, 6.45) is 2.35. The molecule has 1 N–H and O–H groups in total. The van der Waals surface area contributed by atoms with Gasteiger partial charge in [-0.1, -0.05) is 5.16 Å². The van der Waals surface area contributed by atoms with Crippen molar-refractivity contribution in [3.05, 3.63) is 11.7 Å². The summed E-state index contributed by atoms with van der Waals surface area (Å²) in [5.74, 6) is 1.73. The van der Waals surface area contributed by atoms with Crippen molar-refractivity contribution in [3.63, 3.8) is 0 Å². The van der Waals surface area contributed by atoms with Gasteiger partial charge >= 0.3 is 0 Å². The molecule has 0 radical (unpaired) electrons. The van der Waals surface area contributed by atoms with Crippen LogP contribution < -0.4 is 5.32 Å². The third-order valence-electron chi connectivity index (χ3n) is 3.47. The van der Waals surface area contributed by atoms with Gasteiger partial charge in [-0.05, 0) is 39.2 Å². The van der Waals surface area contributed by atoms with Crippen LogP contribution in [0.2, 0.25) is 0 Å². The van der Waals surface area contributed by atoms with E-state index in [2.05, 4.69) is 15.5 Å². The van der Waals surface area contributed by atoms with Crippen LogP contribution in [0.25, 0.3) is 0 Å². The van der Waals surface area contributed by atoms with Gasteiger partial charge in [-0.25, -0.2) is 0 Å². The number of carbonyl (C=O) groups is 1. The Balaban J connectivity index is 0.00000242. The molecule has 0 saturated heterocycles. The van der Waals surface area contributed by atoms with Gasteiger partial charge in [-0.3, -0.25) is 4.79 Å². The third-order valence-corrected chi connectivity index (χ3v) is 3.47. The van der Waals surface area contributed by atoms with Crippen molar-refractivity contribution in [2.24, 2.45) is 5.92 Å². The molecule has 22 heavy (non-hydrogen) atoms. The topological polar surface area (TPSA) is 80.5 Å². The first-order chi connectivity index (χ1) is 10.1. The van der Waals surface area contributed by atoms with Gasteiger partial charge in [0.25, 0.3) is 0 Å².